The van der Waals surface area contributed by atoms with Crippen LogP contribution in [0.2, 0.25) is 5.02 Å². The molecule has 0 spiro atoms. The van der Waals surface area contributed by atoms with Crippen LogP contribution >= 0.6 is 11.6 Å². The van der Waals surface area contributed by atoms with Crippen LogP contribution in [0.15, 0.2) is 23.3 Å². The van der Waals surface area contributed by atoms with E-state index in [0.717, 1.165) is 0 Å². The minimum atomic E-state index is -0.806. The summed E-state index contributed by atoms with van der Waals surface area (Å²) in [4.78, 5) is 22.3. The number of hydrazone groups is 1. The molecule has 0 bridgehead atoms. The van der Waals surface area contributed by atoms with Crippen LogP contribution in [-0.2, 0) is 4.74 Å². The summed E-state index contributed by atoms with van der Waals surface area (Å²) >= 11 is 6.03. The second-order valence-electron chi connectivity index (χ2n) is 5.06. The number of anilines is 1. The number of amides is 3. The van der Waals surface area contributed by atoms with Crippen molar-refractivity contribution in [1.82, 2.24) is 5.43 Å². The molecule has 0 aliphatic heterocycles. The highest BCUT2D eigenvalue weighted by Crippen LogP contribution is 2.23. The number of rotatable bonds is 3. The van der Waals surface area contributed by atoms with Gasteiger partial charge in [-0.1, -0.05) is 17.7 Å². The van der Waals surface area contributed by atoms with E-state index >= 15 is 0 Å². The van der Waals surface area contributed by atoms with Crippen molar-refractivity contribution in [1.29, 1.82) is 0 Å². The van der Waals surface area contributed by atoms with Gasteiger partial charge in [-0.05, 0) is 32.9 Å². The van der Waals surface area contributed by atoms with Gasteiger partial charge in [0.1, 0.15) is 5.60 Å². The Morgan fingerprint density at radius 2 is 2.05 bits per heavy atom. The van der Waals surface area contributed by atoms with Crippen molar-refractivity contribution < 1.29 is 14.3 Å². The predicted octanol–water partition coefficient (Wildman–Crippen LogP) is 2.69. The summed E-state index contributed by atoms with van der Waals surface area (Å²) < 4.78 is 5.15. The number of benzene rings is 1. The summed E-state index contributed by atoms with van der Waals surface area (Å²) in [7, 11) is 0. The van der Waals surface area contributed by atoms with Crippen molar-refractivity contribution in [2.45, 2.75) is 26.4 Å². The number of nitrogens with zero attached hydrogens (tertiary/aromatic N) is 1. The summed E-state index contributed by atoms with van der Waals surface area (Å²) in [6.45, 7) is 5.26. The van der Waals surface area contributed by atoms with Gasteiger partial charge in [-0.2, -0.15) is 5.10 Å². The number of hydrogen-bond donors (Lipinski definition) is 3. The van der Waals surface area contributed by atoms with Crippen LogP contribution in [0, 0.1) is 0 Å². The van der Waals surface area contributed by atoms with Gasteiger partial charge in [0, 0.05) is 5.56 Å². The number of primary amides is 1. The zero-order chi connectivity index (χ0) is 16.0. The summed E-state index contributed by atoms with van der Waals surface area (Å²) in [6.07, 6.45) is 0.655. The maximum absolute atomic E-state index is 11.8. The zero-order valence-electron chi connectivity index (χ0n) is 11.9. The molecule has 0 radical (unpaired) electrons. The molecule has 0 fully saturated rings. The van der Waals surface area contributed by atoms with Gasteiger partial charge in [0.25, 0.3) is 0 Å². The van der Waals surface area contributed by atoms with Crippen LogP contribution in [0.25, 0.3) is 0 Å². The monoisotopic (exact) mass is 312 g/mol. The number of carbonyl (C=O) groups is 2. The zero-order valence-corrected chi connectivity index (χ0v) is 12.7. The third-order valence-corrected chi connectivity index (χ3v) is 2.39. The second kappa shape index (κ2) is 6.94. The molecule has 0 heterocycles. The van der Waals surface area contributed by atoms with Crippen molar-refractivity contribution >= 4 is 35.6 Å². The number of ether oxygens (including phenoxy) is 1. The maximum Gasteiger partial charge on any atom is 0.412 e. The highest BCUT2D eigenvalue weighted by Gasteiger charge is 2.17. The second-order valence-corrected chi connectivity index (χ2v) is 5.47. The lowest BCUT2D eigenvalue weighted by molar-refractivity contribution is 0.0636. The van der Waals surface area contributed by atoms with Crippen LogP contribution in [0.1, 0.15) is 26.3 Å². The standard InChI is InChI=1S/C13H17ClN4O3/c1-13(2,3)21-12(20)17-10-6-4-5-9(14)8(10)7-16-18-11(15)19/h4-7H,1-3H3,(H,17,20)(H3,15,18,19). The van der Waals surface area contributed by atoms with Gasteiger partial charge in [0.15, 0.2) is 0 Å². The highest BCUT2D eigenvalue weighted by atomic mass is 35.5. The van der Waals surface area contributed by atoms with E-state index in [-0.39, 0.29) is 0 Å². The van der Waals surface area contributed by atoms with Crippen LogP contribution in [-0.4, -0.2) is 23.9 Å². The average Bonchev–Trinajstić information content (AvgIpc) is 2.29. The Bertz CT molecular complexity index is 567. The molecule has 0 aliphatic carbocycles. The van der Waals surface area contributed by atoms with Crippen LogP contribution in [0.4, 0.5) is 15.3 Å². The van der Waals surface area contributed by atoms with E-state index in [1.54, 1.807) is 39.0 Å². The molecule has 3 amide bonds. The van der Waals surface area contributed by atoms with Gasteiger partial charge in [-0.3, -0.25) is 5.32 Å². The van der Waals surface area contributed by atoms with Gasteiger partial charge in [-0.15, -0.1) is 0 Å². The van der Waals surface area contributed by atoms with Crippen molar-refractivity contribution in [3.63, 3.8) is 0 Å². The molecule has 0 aliphatic rings. The highest BCUT2D eigenvalue weighted by molar-refractivity contribution is 6.33. The summed E-state index contributed by atoms with van der Waals surface area (Å²) in [5, 5.41) is 6.53. The minimum Gasteiger partial charge on any atom is -0.444 e. The average molecular weight is 313 g/mol. The van der Waals surface area contributed by atoms with Crippen molar-refractivity contribution in [3.8, 4) is 0 Å². The molecule has 114 valence electrons. The Hall–Kier alpha value is -2.28. The molecule has 21 heavy (non-hydrogen) atoms. The Morgan fingerprint density at radius 1 is 1.38 bits per heavy atom. The first kappa shape index (κ1) is 16.8. The lowest BCUT2D eigenvalue weighted by Crippen LogP contribution is -2.27. The first-order chi connectivity index (χ1) is 9.69. The molecule has 8 heteroatoms. The van der Waals surface area contributed by atoms with E-state index in [1.165, 1.54) is 6.21 Å². The minimum absolute atomic E-state index is 0.346. The molecule has 0 saturated carbocycles. The smallest absolute Gasteiger partial charge is 0.412 e. The first-order valence-corrected chi connectivity index (χ1v) is 6.44. The number of nitrogens with two attached hydrogens (primary N) is 1. The maximum atomic E-state index is 11.8. The molecule has 1 aromatic rings. The SMILES string of the molecule is CC(C)(C)OC(=O)Nc1cccc(Cl)c1C=NNC(N)=O. The molecule has 0 atom stereocenters. The third kappa shape index (κ3) is 6.13. The van der Waals surface area contributed by atoms with E-state index in [1.807, 2.05) is 5.43 Å². The van der Waals surface area contributed by atoms with E-state index in [4.69, 9.17) is 22.1 Å². The van der Waals surface area contributed by atoms with Gasteiger partial charge in [-0.25, -0.2) is 15.0 Å². The Labute approximate surface area is 127 Å². The quantitative estimate of drug-likeness (QED) is 0.590. The van der Waals surface area contributed by atoms with Crippen molar-refractivity contribution in [2.24, 2.45) is 10.8 Å². The molecule has 0 saturated heterocycles. The number of urea groups is 1. The molecule has 0 aromatic heterocycles. The lowest BCUT2D eigenvalue weighted by atomic mass is 10.2. The Kier molecular flexibility index (Phi) is 5.54. The number of hydrogen-bond acceptors (Lipinski definition) is 4. The third-order valence-electron chi connectivity index (χ3n) is 2.06. The molecule has 1 rings (SSSR count). The molecular formula is C13H17ClN4O3. The largest absolute Gasteiger partial charge is 0.444 e. The van der Waals surface area contributed by atoms with Crippen molar-refractivity contribution in [2.75, 3.05) is 5.32 Å². The fourth-order valence-corrected chi connectivity index (χ4v) is 1.57. The fourth-order valence-electron chi connectivity index (χ4n) is 1.35. The molecule has 7 nitrogen and oxygen atoms in total. The lowest BCUT2D eigenvalue weighted by Gasteiger charge is -2.20. The van der Waals surface area contributed by atoms with E-state index in [0.29, 0.717) is 16.3 Å². The van der Waals surface area contributed by atoms with E-state index in [9.17, 15) is 9.59 Å². The summed E-state index contributed by atoms with van der Waals surface area (Å²) in [5.41, 5.74) is 7.13. The van der Waals surface area contributed by atoms with Crippen LogP contribution in [0.3, 0.4) is 0 Å². The number of carbonyl (C=O) groups excluding carboxylic acids is 2. The normalized spacial score (nSPS) is 11.2. The Balaban J connectivity index is 2.92. The van der Waals surface area contributed by atoms with Gasteiger partial charge < -0.3 is 10.5 Å². The van der Waals surface area contributed by atoms with Crippen molar-refractivity contribution in [3.05, 3.63) is 28.8 Å². The van der Waals surface area contributed by atoms with Gasteiger partial charge in [0.2, 0.25) is 0 Å². The van der Waals surface area contributed by atoms with Gasteiger partial charge in [0.05, 0.1) is 16.9 Å². The number of halogens is 1. The molecule has 1 aromatic carbocycles. The molecular weight excluding hydrogens is 296 g/mol. The summed E-state index contributed by atoms with van der Waals surface area (Å²) in [6, 6.07) is 4.10. The predicted molar refractivity (Wildman–Crippen MR) is 81.6 cm³/mol. The van der Waals surface area contributed by atoms with E-state index in [2.05, 4.69) is 10.4 Å². The first-order valence-electron chi connectivity index (χ1n) is 6.06. The Morgan fingerprint density at radius 3 is 2.62 bits per heavy atom. The molecule has 4 N–H and O–H groups in total. The van der Waals surface area contributed by atoms with Gasteiger partial charge >= 0.3 is 12.1 Å². The topological polar surface area (TPSA) is 106 Å². The number of nitrogens with one attached hydrogen (secondary N) is 2. The fraction of sp³-hybridized carbons (Fsp3) is 0.308. The van der Waals surface area contributed by atoms with E-state index < -0.39 is 17.7 Å². The van der Waals surface area contributed by atoms with Crippen LogP contribution < -0.4 is 16.5 Å². The summed E-state index contributed by atoms with van der Waals surface area (Å²) in [5.74, 6) is 0. The van der Waals surface area contributed by atoms with Crippen LogP contribution in [0.5, 0.6) is 0 Å². The molecule has 0 unspecified atom stereocenters.